The molecule has 8 nitrogen and oxygen atoms in total. The number of ketones is 1. The average Bonchev–Trinajstić information content (AvgIpc) is 2.53. The number of carbonyl (C=O) groups excluding carboxylic acids is 2. The summed E-state index contributed by atoms with van der Waals surface area (Å²) in [4.78, 5) is 34.2. The van der Waals surface area contributed by atoms with Crippen molar-refractivity contribution in [3.8, 4) is 0 Å². The lowest BCUT2D eigenvalue weighted by Crippen LogP contribution is -2.40. The molecule has 0 aromatic heterocycles. The molecule has 0 aliphatic heterocycles. The molecule has 0 heterocycles. The zero-order chi connectivity index (χ0) is 17.2. The molecule has 0 bridgehead atoms. The normalized spacial score (nSPS) is 11.7. The second-order valence-corrected chi connectivity index (χ2v) is 4.68. The Bertz CT molecular complexity index is 543. The maximum absolute atomic E-state index is 12.5. The maximum Gasteiger partial charge on any atom is 0.307 e. The van der Waals surface area contributed by atoms with E-state index in [0.29, 0.717) is 13.2 Å². The Hall–Kier alpha value is -2.32. The van der Waals surface area contributed by atoms with Crippen molar-refractivity contribution >= 4 is 17.4 Å². The van der Waals surface area contributed by atoms with Crippen LogP contribution in [0, 0.1) is 10.1 Å². The number of esters is 1. The third-order valence-corrected chi connectivity index (χ3v) is 3.05. The molecule has 0 spiro atoms. The summed E-state index contributed by atoms with van der Waals surface area (Å²) in [5.41, 5.74) is 0.186. The van der Waals surface area contributed by atoms with Crippen LogP contribution in [0.25, 0.3) is 0 Å². The lowest BCUT2D eigenvalue weighted by Gasteiger charge is -2.16. The van der Waals surface area contributed by atoms with Gasteiger partial charge in [0.05, 0.1) is 30.6 Å². The van der Waals surface area contributed by atoms with Crippen LogP contribution in [0.1, 0.15) is 23.7 Å². The molecule has 0 amide bonds. The van der Waals surface area contributed by atoms with E-state index >= 15 is 0 Å². The van der Waals surface area contributed by atoms with Crippen molar-refractivity contribution in [2.24, 2.45) is 0 Å². The van der Waals surface area contributed by atoms with Crippen molar-refractivity contribution in [3.63, 3.8) is 0 Å². The quantitative estimate of drug-likeness (QED) is 0.227. The largest absolute Gasteiger partial charge is 0.466 e. The predicted octanol–water partition coefficient (Wildman–Crippen LogP) is 1.34. The zero-order valence-electron chi connectivity index (χ0n) is 13.1. The first kappa shape index (κ1) is 18.7. The molecule has 1 unspecified atom stereocenters. The van der Waals surface area contributed by atoms with Crippen LogP contribution in [0.3, 0.4) is 0 Å². The molecule has 0 saturated heterocycles. The van der Waals surface area contributed by atoms with Gasteiger partial charge in [-0.3, -0.25) is 19.7 Å². The fourth-order valence-electron chi connectivity index (χ4n) is 1.93. The van der Waals surface area contributed by atoms with Gasteiger partial charge in [-0.25, -0.2) is 0 Å². The van der Waals surface area contributed by atoms with Gasteiger partial charge in [0.15, 0.2) is 5.78 Å². The maximum atomic E-state index is 12.5. The molecule has 23 heavy (non-hydrogen) atoms. The van der Waals surface area contributed by atoms with Crippen molar-refractivity contribution in [1.82, 2.24) is 5.32 Å². The summed E-state index contributed by atoms with van der Waals surface area (Å²) in [6, 6.07) is 4.48. The smallest absolute Gasteiger partial charge is 0.307 e. The van der Waals surface area contributed by atoms with Crippen molar-refractivity contribution in [1.29, 1.82) is 0 Å². The van der Waals surface area contributed by atoms with E-state index in [-0.39, 0.29) is 30.1 Å². The molecule has 1 aromatic carbocycles. The van der Waals surface area contributed by atoms with Gasteiger partial charge in [0.25, 0.3) is 5.69 Å². The van der Waals surface area contributed by atoms with Gasteiger partial charge in [0.2, 0.25) is 0 Å². The van der Waals surface area contributed by atoms with Crippen molar-refractivity contribution in [3.05, 3.63) is 39.9 Å². The second-order valence-electron chi connectivity index (χ2n) is 4.68. The Balaban J connectivity index is 2.83. The molecule has 0 saturated carbocycles. The van der Waals surface area contributed by atoms with Crippen LogP contribution in [-0.4, -0.2) is 49.6 Å². The number of carbonyl (C=O) groups is 2. The van der Waals surface area contributed by atoms with Crippen LogP contribution in [0.15, 0.2) is 24.3 Å². The number of methoxy groups -OCH3 is 1. The summed E-state index contributed by atoms with van der Waals surface area (Å²) in [6.45, 7) is 2.69. The molecule has 0 radical (unpaired) electrons. The topological polar surface area (TPSA) is 108 Å². The van der Waals surface area contributed by atoms with E-state index in [2.05, 4.69) is 5.32 Å². The summed E-state index contributed by atoms with van der Waals surface area (Å²) in [5.74, 6) is -0.818. The summed E-state index contributed by atoms with van der Waals surface area (Å²) < 4.78 is 9.77. The van der Waals surface area contributed by atoms with Crippen LogP contribution in [0.5, 0.6) is 0 Å². The minimum Gasteiger partial charge on any atom is -0.466 e. The first-order chi connectivity index (χ1) is 11.0. The van der Waals surface area contributed by atoms with Crippen LogP contribution >= 0.6 is 0 Å². The number of rotatable bonds is 10. The number of nitro benzene ring substituents is 1. The number of hydrogen-bond acceptors (Lipinski definition) is 7. The number of Topliss-reactive ketones (excluding diaryl/α,β-unsaturated/α-hetero) is 1. The molecular formula is C15H20N2O6. The monoisotopic (exact) mass is 324 g/mol. The Morgan fingerprint density at radius 1 is 1.30 bits per heavy atom. The summed E-state index contributed by atoms with van der Waals surface area (Å²) in [7, 11) is 1.53. The van der Waals surface area contributed by atoms with Gasteiger partial charge < -0.3 is 14.8 Å². The van der Waals surface area contributed by atoms with Gasteiger partial charge in [0.1, 0.15) is 0 Å². The van der Waals surface area contributed by atoms with Gasteiger partial charge >= 0.3 is 5.97 Å². The Morgan fingerprint density at radius 3 is 2.48 bits per heavy atom. The van der Waals surface area contributed by atoms with Crippen LogP contribution in [0.4, 0.5) is 5.69 Å². The summed E-state index contributed by atoms with van der Waals surface area (Å²) in [5, 5.41) is 13.6. The first-order valence-electron chi connectivity index (χ1n) is 7.16. The van der Waals surface area contributed by atoms with Gasteiger partial charge in [-0.05, 0) is 19.1 Å². The Kier molecular flexibility index (Phi) is 7.86. The number of hydrogen-bond donors (Lipinski definition) is 1. The molecule has 1 atom stereocenters. The highest BCUT2D eigenvalue weighted by atomic mass is 16.6. The zero-order valence-corrected chi connectivity index (χ0v) is 13.1. The van der Waals surface area contributed by atoms with E-state index < -0.39 is 16.9 Å². The third kappa shape index (κ3) is 6.13. The molecule has 1 N–H and O–H groups in total. The minimum atomic E-state index is -0.773. The molecule has 1 rings (SSSR count). The molecule has 0 aliphatic rings. The van der Waals surface area contributed by atoms with Gasteiger partial charge in [-0.2, -0.15) is 0 Å². The lowest BCUT2D eigenvalue weighted by molar-refractivity contribution is -0.384. The Labute approximate surface area is 133 Å². The van der Waals surface area contributed by atoms with E-state index in [0.717, 1.165) is 0 Å². The standard InChI is InChI=1S/C15H20N2O6/c1-3-23-14(18)10-13(16-8-9-22-2)15(19)11-4-6-12(7-5-11)17(20)21/h4-7,13,16H,3,8-10H2,1-2H3. The molecular weight excluding hydrogens is 304 g/mol. The van der Waals surface area contributed by atoms with E-state index in [4.69, 9.17) is 9.47 Å². The molecule has 0 aliphatic carbocycles. The van der Waals surface area contributed by atoms with E-state index in [1.807, 2.05) is 0 Å². The van der Waals surface area contributed by atoms with Crippen LogP contribution in [-0.2, 0) is 14.3 Å². The summed E-state index contributed by atoms with van der Waals surface area (Å²) >= 11 is 0. The number of non-ortho nitro benzene ring substituents is 1. The van der Waals surface area contributed by atoms with Gasteiger partial charge in [0, 0.05) is 31.4 Å². The average molecular weight is 324 g/mol. The lowest BCUT2D eigenvalue weighted by atomic mass is 10.0. The highest BCUT2D eigenvalue weighted by Gasteiger charge is 2.23. The number of nitrogens with zero attached hydrogens (tertiary/aromatic N) is 1. The fourth-order valence-corrected chi connectivity index (χ4v) is 1.93. The van der Waals surface area contributed by atoms with Crippen molar-refractivity contribution < 1.29 is 24.0 Å². The first-order valence-corrected chi connectivity index (χ1v) is 7.16. The molecule has 0 fully saturated rings. The number of ether oxygens (including phenoxy) is 2. The second kappa shape index (κ2) is 9.65. The van der Waals surface area contributed by atoms with Crippen molar-refractivity contribution in [2.75, 3.05) is 26.9 Å². The fraction of sp³-hybridized carbons (Fsp3) is 0.467. The van der Waals surface area contributed by atoms with Crippen molar-refractivity contribution in [2.45, 2.75) is 19.4 Å². The number of benzene rings is 1. The Morgan fingerprint density at radius 2 is 1.96 bits per heavy atom. The summed E-state index contributed by atoms with van der Waals surface area (Å²) in [6.07, 6.45) is -0.118. The number of nitro groups is 1. The molecule has 8 heteroatoms. The SMILES string of the molecule is CCOC(=O)CC(NCCOC)C(=O)c1ccc([N+](=O)[O-])cc1. The van der Waals surface area contributed by atoms with Gasteiger partial charge in [-0.1, -0.05) is 0 Å². The predicted molar refractivity (Wildman–Crippen MR) is 82.3 cm³/mol. The molecule has 1 aromatic rings. The molecule has 126 valence electrons. The van der Waals surface area contributed by atoms with E-state index in [1.54, 1.807) is 6.92 Å². The highest BCUT2D eigenvalue weighted by molar-refractivity contribution is 6.02. The van der Waals surface area contributed by atoms with E-state index in [1.165, 1.54) is 31.4 Å². The van der Waals surface area contributed by atoms with E-state index in [9.17, 15) is 19.7 Å². The highest BCUT2D eigenvalue weighted by Crippen LogP contribution is 2.14. The van der Waals surface area contributed by atoms with Gasteiger partial charge in [-0.15, -0.1) is 0 Å². The van der Waals surface area contributed by atoms with Crippen LogP contribution in [0.2, 0.25) is 0 Å². The number of nitrogens with one attached hydrogen (secondary N) is 1. The third-order valence-electron chi connectivity index (χ3n) is 3.05. The van der Waals surface area contributed by atoms with Crippen LogP contribution < -0.4 is 5.32 Å². The minimum absolute atomic E-state index is 0.101.